The van der Waals surface area contributed by atoms with Crippen molar-refractivity contribution in [1.29, 1.82) is 0 Å². The Morgan fingerprint density at radius 2 is 1.42 bits per heavy atom. The molecule has 1 aromatic carbocycles. The lowest BCUT2D eigenvalue weighted by molar-refractivity contribution is 0.201. The SMILES string of the molecule is COc1ccc(O/C(=C\O[Si](C)(C)C(C)(C)C)O[Si](C)(C)C)cc1. The van der Waals surface area contributed by atoms with Gasteiger partial charge in [0.05, 0.1) is 7.11 Å². The Labute approximate surface area is 149 Å². The number of hydrogen-bond donors (Lipinski definition) is 0. The third-order valence-electron chi connectivity index (χ3n) is 3.94. The number of benzene rings is 1. The number of methoxy groups -OCH3 is 1. The molecule has 24 heavy (non-hydrogen) atoms. The molecule has 0 aliphatic carbocycles. The van der Waals surface area contributed by atoms with E-state index >= 15 is 0 Å². The maximum absolute atomic E-state index is 6.14. The first-order valence-corrected chi connectivity index (χ1v) is 14.5. The van der Waals surface area contributed by atoms with Crippen LogP contribution in [0.3, 0.4) is 0 Å². The zero-order chi connectivity index (χ0) is 18.6. The average Bonchev–Trinajstić information content (AvgIpc) is 2.43. The highest BCUT2D eigenvalue weighted by atomic mass is 28.4. The minimum atomic E-state index is -1.92. The molecule has 0 saturated heterocycles. The molecule has 1 aromatic rings. The molecule has 0 heterocycles. The molecule has 0 amide bonds. The van der Waals surface area contributed by atoms with E-state index in [1.807, 2.05) is 24.3 Å². The van der Waals surface area contributed by atoms with E-state index in [0.29, 0.717) is 11.7 Å². The molecule has 6 heteroatoms. The minimum Gasteiger partial charge on any atom is -0.544 e. The van der Waals surface area contributed by atoms with E-state index in [4.69, 9.17) is 18.3 Å². The van der Waals surface area contributed by atoms with Gasteiger partial charge in [0.1, 0.15) is 17.8 Å². The molecule has 0 radical (unpaired) electrons. The topological polar surface area (TPSA) is 36.9 Å². The molecule has 0 bridgehead atoms. The van der Waals surface area contributed by atoms with E-state index in [2.05, 4.69) is 53.5 Å². The molecule has 0 N–H and O–H groups in total. The molecule has 0 aliphatic rings. The zero-order valence-electron chi connectivity index (χ0n) is 16.5. The molecule has 0 aliphatic heterocycles. The van der Waals surface area contributed by atoms with Gasteiger partial charge in [0.2, 0.25) is 16.6 Å². The maximum atomic E-state index is 6.14. The van der Waals surface area contributed by atoms with Crippen LogP contribution in [0, 0.1) is 0 Å². The van der Waals surface area contributed by atoms with Gasteiger partial charge < -0.3 is 18.3 Å². The van der Waals surface area contributed by atoms with Crippen molar-refractivity contribution in [2.75, 3.05) is 7.11 Å². The number of rotatable bonds is 7. The quantitative estimate of drug-likeness (QED) is 0.454. The van der Waals surface area contributed by atoms with Crippen molar-refractivity contribution in [3.05, 3.63) is 36.5 Å². The molecule has 0 atom stereocenters. The van der Waals surface area contributed by atoms with E-state index in [1.165, 1.54) is 0 Å². The van der Waals surface area contributed by atoms with Crippen molar-refractivity contribution >= 4 is 16.6 Å². The van der Waals surface area contributed by atoms with Crippen molar-refractivity contribution < 1.29 is 18.3 Å². The van der Waals surface area contributed by atoms with Crippen LogP contribution >= 0.6 is 0 Å². The van der Waals surface area contributed by atoms with E-state index in [9.17, 15) is 0 Å². The van der Waals surface area contributed by atoms with E-state index in [0.717, 1.165) is 5.75 Å². The Morgan fingerprint density at radius 3 is 1.83 bits per heavy atom. The summed E-state index contributed by atoms with van der Waals surface area (Å²) in [6, 6.07) is 7.42. The highest BCUT2D eigenvalue weighted by Crippen LogP contribution is 2.37. The Bertz CT molecular complexity index is 552. The number of hydrogen-bond acceptors (Lipinski definition) is 4. The van der Waals surface area contributed by atoms with E-state index in [-0.39, 0.29) is 5.04 Å². The largest absolute Gasteiger partial charge is 0.544 e. The van der Waals surface area contributed by atoms with Crippen LogP contribution in [-0.4, -0.2) is 23.7 Å². The number of ether oxygens (including phenoxy) is 2. The lowest BCUT2D eigenvalue weighted by atomic mass is 10.2. The lowest BCUT2D eigenvalue weighted by Crippen LogP contribution is -2.39. The monoisotopic (exact) mass is 368 g/mol. The minimum absolute atomic E-state index is 0.119. The first kappa shape index (κ1) is 20.6. The summed E-state index contributed by atoms with van der Waals surface area (Å²) in [5.74, 6) is 1.90. The molecule has 0 saturated carbocycles. The summed E-state index contributed by atoms with van der Waals surface area (Å²) in [5.41, 5.74) is 0. The van der Waals surface area contributed by atoms with Crippen LogP contribution in [0.5, 0.6) is 11.5 Å². The molecule has 0 unspecified atom stereocenters. The fourth-order valence-electron chi connectivity index (χ4n) is 1.50. The van der Waals surface area contributed by atoms with E-state index < -0.39 is 16.6 Å². The van der Waals surface area contributed by atoms with Crippen LogP contribution in [0.1, 0.15) is 20.8 Å². The summed E-state index contributed by atoms with van der Waals surface area (Å²) in [6.07, 6.45) is 1.65. The lowest BCUT2D eigenvalue weighted by Gasteiger charge is -2.35. The first-order valence-electron chi connectivity index (χ1n) is 8.23. The fraction of sp³-hybridized carbons (Fsp3) is 0.556. The van der Waals surface area contributed by atoms with Crippen LogP contribution in [0.4, 0.5) is 0 Å². The van der Waals surface area contributed by atoms with Crippen molar-refractivity contribution in [2.24, 2.45) is 0 Å². The average molecular weight is 369 g/mol. The predicted octanol–water partition coefficient (Wildman–Crippen LogP) is 5.75. The molecule has 1 rings (SSSR count). The van der Waals surface area contributed by atoms with Crippen LogP contribution in [0.2, 0.25) is 37.8 Å². The van der Waals surface area contributed by atoms with Gasteiger partial charge in [0.25, 0.3) is 0 Å². The van der Waals surface area contributed by atoms with Crippen molar-refractivity contribution in [3.63, 3.8) is 0 Å². The summed E-state index contributed by atoms with van der Waals surface area (Å²) >= 11 is 0. The summed E-state index contributed by atoms with van der Waals surface area (Å²) in [4.78, 5) is 0. The van der Waals surface area contributed by atoms with Gasteiger partial charge in [-0.15, -0.1) is 0 Å². The van der Waals surface area contributed by atoms with E-state index in [1.54, 1.807) is 13.4 Å². The smallest absolute Gasteiger partial charge is 0.305 e. The van der Waals surface area contributed by atoms with Gasteiger partial charge in [-0.25, -0.2) is 0 Å². The van der Waals surface area contributed by atoms with Crippen molar-refractivity contribution in [3.8, 4) is 11.5 Å². The standard InChI is InChI=1S/C18H32O4Si2/c1-18(2,3)24(8,9)20-14-17(22-23(5,6)7)21-16-12-10-15(19-4)11-13-16/h10-14H,1-9H3/b17-14+. The van der Waals surface area contributed by atoms with Gasteiger partial charge in [-0.1, -0.05) is 20.8 Å². The molecule has 0 aromatic heterocycles. The predicted molar refractivity (Wildman–Crippen MR) is 104 cm³/mol. The van der Waals surface area contributed by atoms with Gasteiger partial charge in [-0.2, -0.15) is 0 Å². The van der Waals surface area contributed by atoms with Crippen LogP contribution in [0.25, 0.3) is 0 Å². The molecule has 136 valence electrons. The fourth-order valence-corrected chi connectivity index (χ4v) is 2.94. The summed E-state index contributed by atoms with van der Waals surface area (Å²) in [5, 5.41) is 0.119. The second-order valence-electron chi connectivity index (χ2n) is 8.31. The normalized spacial score (nSPS) is 13.5. The Morgan fingerprint density at radius 1 is 0.917 bits per heavy atom. The van der Waals surface area contributed by atoms with Crippen LogP contribution < -0.4 is 9.47 Å². The zero-order valence-corrected chi connectivity index (χ0v) is 18.5. The molecule has 0 spiro atoms. The van der Waals surface area contributed by atoms with Crippen molar-refractivity contribution in [2.45, 2.75) is 58.5 Å². The summed E-state index contributed by atoms with van der Waals surface area (Å²) in [7, 11) is -2.09. The van der Waals surface area contributed by atoms with Gasteiger partial charge in [-0.3, -0.25) is 0 Å². The Hall–Kier alpha value is -1.41. The Kier molecular flexibility index (Phi) is 6.58. The van der Waals surface area contributed by atoms with Gasteiger partial charge in [0, 0.05) is 0 Å². The van der Waals surface area contributed by atoms with Crippen LogP contribution in [-0.2, 0) is 8.85 Å². The van der Waals surface area contributed by atoms with Gasteiger partial charge >= 0.3 is 5.95 Å². The summed E-state index contributed by atoms with van der Waals surface area (Å²) in [6.45, 7) is 17.4. The highest BCUT2D eigenvalue weighted by molar-refractivity contribution is 6.74. The van der Waals surface area contributed by atoms with Gasteiger partial charge in [0.15, 0.2) is 0 Å². The van der Waals surface area contributed by atoms with Gasteiger partial charge in [-0.05, 0) is 62.0 Å². The van der Waals surface area contributed by atoms with Crippen LogP contribution in [0.15, 0.2) is 36.5 Å². The molecular formula is C18H32O4Si2. The second-order valence-corrected chi connectivity index (χ2v) is 17.5. The third-order valence-corrected chi connectivity index (χ3v) is 9.07. The highest BCUT2D eigenvalue weighted by Gasteiger charge is 2.38. The third kappa shape index (κ3) is 6.61. The molecule has 0 fully saturated rings. The molecule has 4 nitrogen and oxygen atoms in total. The Balaban J connectivity index is 2.96. The van der Waals surface area contributed by atoms with Crippen molar-refractivity contribution in [1.82, 2.24) is 0 Å². The first-order chi connectivity index (χ1) is 10.8. The summed E-state index contributed by atoms with van der Waals surface area (Å²) < 4.78 is 23.3. The second kappa shape index (κ2) is 7.65. The maximum Gasteiger partial charge on any atom is 0.305 e. The molecular weight excluding hydrogens is 336 g/mol.